The lowest BCUT2D eigenvalue weighted by molar-refractivity contribution is 0.140. The van der Waals surface area contributed by atoms with Gasteiger partial charge in [-0.15, -0.1) is 0 Å². The Morgan fingerprint density at radius 1 is 0.914 bits per heavy atom. The van der Waals surface area contributed by atoms with Crippen LogP contribution in [0.25, 0.3) is 16.9 Å². The fraction of sp³-hybridized carbons (Fsp3) is 0.321. The van der Waals surface area contributed by atoms with Crippen LogP contribution in [0.2, 0.25) is 0 Å². The van der Waals surface area contributed by atoms with E-state index in [0.29, 0.717) is 19.6 Å². The van der Waals surface area contributed by atoms with Crippen LogP contribution in [0.4, 0.5) is 10.5 Å². The highest BCUT2D eigenvalue weighted by atomic mass is 16.2. The molecule has 0 unspecified atom stereocenters. The molecule has 3 heterocycles. The van der Waals surface area contributed by atoms with Crippen molar-refractivity contribution in [3.05, 3.63) is 82.8 Å². The number of hydrogen-bond acceptors (Lipinski definition) is 4. The zero-order chi connectivity index (χ0) is 24.5. The Morgan fingerprint density at radius 2 is 1.66 bits per heavy atom. The van der Waals surface area contributed by atoms with Crippen molar-refractivity contribution >= 4 is 22.9 Å². The van der Waals surface area contributed by atoms with Gasteiger partial charge in [0, 0.05) is 43.8 Å². The number of aryl methyl sites for hydroxylation is 4. The van der Waals surface area contributed by atoms with E-state index in [1.165, 1.54) is 11.1 Å². The average Bonchev–Trinajstić information content (AvgIpc) is 3.19. The predicted molar refractivity (Wildman–Crippen MR) is 140 cm³/mol. The highest BCUT2D eigenvalue weighted by Gasteiger charge is 2.24. The van der Waals surface area contributed by atoms with Gasteiger partial charge in [0.2, 0.25) is 0 Å². The number of anilines is 1. The van der Waals surface area contributed by atoms with E-state index in [-0.39, 0.29) is 6.03 Å². The fourth-order valence-electron chi connectivity index (χ4n) is 4.79. The predicted octanol–water partition coefficient (Wildman–Crippen LogP) is 5.00. The number of rotatable bonds is 4. The summed E-state index contributed by atoms with van der Waals surface area (Å²) in [6, 6.07) is 16.6. The molecule has 0 saturated carbocycles. The van der Waals surface area contributed by atoms with Gasteiger partial charge in [-0.2, -0.15) is 0 Å². The third-order valence-corrected chi connectivity index (χ3v) is 6.61. The number of imidazole rings is 1. The molecule has 0 atom stereocenters. The van der Waals surface area contributed by atoms with Gasteiger partial charge in [-0.25, -0.2) is 14.8 Å². The topological polar surface area (TPSA) is 66.3 Å². The van der Waals surface area contributed by atoms with Gasteiger partial charge in [0.1, 0.15) is 11.3 Å². The molecule has 1 N–H and O–H groups in total. The van der Waals surface area contributed by atoms with Crippen molar-refractivity contribution < 1.29 is 4.79 Å². The second-order valence-corrected chi connectivity index (χ2v) is 9.57. The van der Waals surface area contributed by atoms with E-state index in [1.807, 2.05) is 49.2 Å². The van der Waals surface area contributed by atoms with E-state index in [9.17, 15) is 4.79 Å². The number of fused-ring (bicyclic) bond motifs is 1. The monoisotopic (exact) mass is 468 g/mol. The minimum atomic E-state index is -0.0370. The number of nitrogens with zero attached hydrogens (tertiary/aromatic N) is 5. The molecule has 0 spiro atoms. The summed E-state index contributed by atoms with van der Waals surface area (Å²) in [5.41, 5.74) is 8.38. The maximum absolute atomic E-state index is 12.9. The molecule has 2 aromatic heterocycles. The summed E-state index contributed by atoms with van der Waals surface area (Å²) in [6.45, 7) is 11.9. The molecule has 1 aliphatic heterocycles. The lowest BCUT2D eigenvalue weighted by atomic mass is 10.1. The standard InChI is InChI=1S/C28H32N6O/c1-19-7-8-22(4)25(17-19)31-28(35)33-12-10-32(11-13-33)18-26-30-24-6-5-9-29-27(24)34(26)23-15-20(2)14-21(3)16-23/h5-9,14-17H,10-13,18H2,1-4H3,(H,31,35). The highest BCUT2D eigenvalue weighted by molar-refractivity contribution is 5.90. The maximum Gasteiger partial charge on any atom is 0.321 e. The molecule has 2 aromatic carbocycles. The Bertz CT molecular complexity index is 1360. The van der Waals surface area contributed by atoms with Crippen LogP contribution in [0, 0.1) is 27.7 Å². The smallest absolute Gasteiger partial charge is 0.321 e. The Hall–Kier alpha value is -3.71. The van der Waals surface area contributed by atoms with Crippen molar-refractivity contribution in [2.75, 3.05) is 31.5 Å². The van der Waals surface area contributed by atoms with E-state index < -0.39 is 0 Å². The number of carbonyl (C=O) groups is 1. The van der Waals surface area contributed by atoms with Crippen molar-refractivity contribution in [3.63, 3.8) is 0 Å². The first-order valence-electron chi connectivity index (χ1n) is 12.1. The van der Waals surface area contributed by atoms with E-state index >= 15 is 0 Å². The molecule has 180 valence electrons. The number of pyridine rings is 1. The van der Waals surface area contributed by atoms with Crippen molar-refractivity contribution in [3.8, 4) is 5.69 Å². The zero-order valence-corrected chi connectivity index (χ0v) is 20.9. The van der Waals surface area contributed by atoms with Crippen LogP contribution in [0.1, 0.15) is 28.1 Å². The third kappa shape index (κ3) is 4.91. The number of aromatic nitrogens is 3. The summed E-state index contributed by atoms with van der Waals surface area (Å²) in [4.78, 5) is 26.7. The Morgan fingerprint density at radius 3 is 2.40 bits per heavy atom. The Kier molecular flexibility index (Phi) is 6.26. The first-order chi connectivity index (χ1) is 16.9. The molecular formula is C28H32N6O. The summed E-state index contributed by atoms with van der Waals surface area (Å²) in [6.07, 6.45) is 1.82. The van der Waals surface area contributed by atoms with Crippen molar-refractivity contribution in [1.29, 1.82) is 0 Å². The van der Waals surface area contributed by atoms with Crippen molar-refractivity contribution in [2.45, 2.75) is 34.2 Å². The van der Waals surface area contributed by atoms with Gasteiger partial charge in [0.05, 0.1) is 6.54 Å². The summed E-state index contributed by atoms with van der Waals surface area (Å²) in [7, 11) is 0. The Labute approximate surface area is 206 Å². The van der Waals surface area contributed by atoms with E-state index in [4.69, 9.17) is 4.98 Å². The molecule has 7 nitrogen and oxygen atoms in total. The number of hydrogen-bond donors (Lipinski definition) is 1. The van der Waals surface area contributed by atoms with Gasteiger partial charge in [0.15, 0.2) is 5.65 Å². The zero-order valence-electron chi connectivity index (χ0n) is 20.9. The highest BCUT2D eigenvalue weighted by Crippen LogP contribution is 2.23. The lowest BCUT2D eigenvalue weighted by Crippen LogP contribution is -2.49. The number of benzene rings is 2. The van der Waals surface area contributed by atoms with Gasteiger partial charge in [0.25, 0.3) is 0 Å². The fourth-order valence-corrected chi connectivity index (χ4v) is 4.79. The molecule has 0 aliphatic carbocycles. The van der Waals surface area contributed by atoms with Gasteiger partial charge in [-0.1, -0.05) is 18.2 Å². The van der Waals surface area contributed by atoms with Gasteiger partial charge >= 0.3 is 6.03 Å². The third-order valence-electron chi connectivity index (χ3n) is 6.61. The van der Waals surface area contributed by atoms with Crippen LogP contribution in [0.3, 0.4) is 0 Å². The lowest BCUT2D eigenvalue weighted by Gasteiger charge is -2.34. The number of amides is 2. The molecule has 7 heteroatoms. The molecule has 4 aromatic rings. The number of piperazine rings is 1. The maximum atomic E-state index is 12.9. The van der Waals surface area contributed by atoms with Crippen LogP contribution < -0.4 is 5.32 Å². The first kappa shape index (κ1) is 23.1. The van der Waals surface area contributed by atoms with Gasteiger partial charge in [-0.3, -0.25) is 9.47 Å². The van der Waals surface area contributed by atoms with E-state index in [2.05, 4.69) is 57.9 Å². The van der Waals surface area contributed by atoms with Crippen LogP contribution in [-0.4, -0.2) is 56.5 Å². The van der Waals surface area contributed by atoms with Crippen LogP contribution in [0.5, 0.6) is 0 Å². The number of urea groups is 1. The van der Waals surface area contributed by atoms with Crippen LogP contribution in [-0.2, 0) is 6.54 Å². The summed E-state index contributed by atoms with van der Waals surface area (Å²) >= 11 is 0. The number of nitrogens with one attached hydrogen (secondary N) is 1. The molecule has 0 bridgehead atoms. The molecular weight excluding hydrogens is 436 g/mol. The second kappa shape index (κ2) is 9.50. The minimum Gasteiger partial charge on any atom is -0.322 e. The van der Waals surface area contributed by atoms with E-state index in [1.54, 1.807) is 0 Å². The normalized spacial score (nSPS) is 14.5. The first-order valence-corrected chi connectivity index (χ1v) is 12.1. The molecule has 5 rings (SSSR count). The summed E-state index contributed by atoms with van der Waals surface area (Å²) in [5.74, 6) is 0.969. The van der Waals surface area contributed by atoms with Crippen molar-refractivity contribution in [1.82, 2.24) is 24.3 Å². The van der Waals surface area contributed by atoms with Gasteiger partial charge < -0.3 is 10.2 Å². The van der Waals surface area contributed by atoms with E-state index in [0.717, 1.165) is 52.6 Å². The van der Waals surface area contributed by atoms with Crippen molar-refractivity contribution in [2.24, 2.45) is 0 Å². The average molecular weight is 469 g/mol. The second-order valence-electron chi connectivity index (χ2n) is 9.57. The Balaban J connectivity index is 1.31. The van der Waals surface area contributed by atoms with Crippen LogP contribution >= 0.6 is 0 Å². The molecule has 0 radical (unpaired) electrons. The quantitative estimate of drug-likeness (QED) is 0.458. The largest absolute Gasteiger partial charge is 0.322 e. The summed E-state index contributed by atoms with van der Waals surface area (Å²) < 4.78 is 2.18. The molecule has 1 saturated heterocycles. The summed E-state index contributed by atoms with van der Waals surface area (Å²) in [5, 5.41) is 3.09. The van der Waals surface area contributed by atoms with Gasteiger partial charge in [-0.05, 0) is 80.3 Å². The molecule has 2 amide bonds. The van der Waals surface area contributed by atoms with Crippen LogP contribution in [0.15, 0.2) is 54.7 Å². The SMILES string of the molecule is Cc1cc(C)cc(-n2c(CN3CCN(C(=O)Nc4cc(C)ccc4C)CC3)nc3cccnc32)c1. The molecule has 1 aliphatic rings. The molecule has 1 fully saturated rings. The molecule has 35 heavy (non-hydrogen) atoms. The number of carbonyl (C=O) groups excluding carboxylic acids is 1. The minimum absolute atomic E-state index is 0.0370.